The van der Waals surface area contributed by atoms with Gasteiger partial charge in [-0.1, -0.05) is 0 Å². The number of carbonyl (C=O) groups is 1. The van der Waals surface area contributed by atoms with Crippen molar-refractivity contribution in [2.45, 2.75) is 19.4 Å². The van der Waals surface area contributed by atoms with Crippen LogP contribution in [0, 0.1) is 6.92 Å². The number of amides is 1. The second kappa shape index (κ2) is 3.34. The fourth-order valence-corrected chi connectivity index (χ4v) is 1.49. The monoisotopic (exact) mass is 192 g/mol. The lowest BCUT2D eigenvalue weighted by Gasteiger charge is -2.13. The van der Waals surface area contributed by atoms with Crippen LogP contribution in [0.25, 0.3) is 0 Å². The Hall–Kier alpha value is -1.49. The van der Waals surface area contributed by atoms with Gasteiger partial charge in [-0.2, -0.15) is 0 Å². The summed E-state index contributed by atoms with van der Waals surface area (Å²) in [7, 11) is 0. The van der Waals surface area contributed by atoms with Crippen LogP contribution in [0.1, 0.15) is 12.1 Å². The molecule has 5 heteroatoms. The van der Waals surface area contributed by atoms with Crippen molar-refractivity contribution in [3.63, 3.8) is 0 Å². The highest BCUT2D eigenvalue weighted by molar-refractivity contribution is 5.94. The molecule has 1 unspecified atom stereocenters. The zero-order valence-electron chi connectivity index (χ0n) is 7.97. The molecule has 1 fully saturated rings. The molecule has 1 atom stereocenters. The topological polar surface area (TPSA) is 72.1 Å². The molecule has 1 saturated heterocycles. The van der Waals surface area contributed by atoms with Gasteiger partial charge in [0.25, 0.3) is 0 Å². The largest absolute Gasteiger partial charge is 0.326 e. The van der Waals surface area contributed by atoms with E-state index >= 15 is 0 Å². The Bertz CT molecular complexity index is 366. The SMILES string of the molecule is Cc1ccnc(N2CC(N)CC2=O)n1. The van der Waals surface area contributed by atoms with Gasteiger partial charge in [0.2, 0.25) is 11.9 Å². The molecule has 0 radical (unpaired) electrons. The van der Waals surface area contributed by atoms with Crippen molar-refractivity contribution in [2.24, 2.45) is 5.73 Å². The summed E-state index contributed by atoms with van der Waals surface area (Å²) < 4.78 is 0. The summed E-state index contributed by atoms with van der Waals surface area (Å²) in [5.74, 6) is 0.464. The summed E-state index contributed by atoms with van der Waals surface area (Å²) in [6, 6.07) is 1.70. The first-order chi connectivity index (χ1) is 6.66. The van der Waals surface area contributed by atoms with Crippen molar-refractivity contribution >= 4 is 11.9 Å². The van der Waals surface area contributed by atoms with E-state index in [4.69, 9.17) is 5.73 Å². The van der Waals surface area contributed by atoms with Crippen LogP contribution in [0.15, 0.2) is 12.3 Å². The number of anilines is 1. The number of aromatic nitrogens is 2. The predicted molar refractivity (Wildman–Crippen MR) is 51.7 cm³/mol. The number of nitrogens with zero attached hydrogens (tertiary/aromatic N) is 3. The maximum atomic E-state index is 11.5. The molecule has 0 aliphatic carbocycles. The summed E-state index contributed by atoms with van der Waals surface area (Å²) in [5.41, 5.74) is 6.52. The minimum Gasteiger partial charge on any atom is -0.326 e. The molecule has 0 bridgehead atoms. The van der Waals surface area contributed by atoms with Crippen LogP contribution < -0.4 is 10.6 Å². The minimum atomic E-state index is -0.0911. The van der Waals surface area contributed by atoms with Gasteiger partial charge in [0.15, 0.2) is 0 Å². The molecule has 1 aliphatic rings. The first-order valence-corrected chi connectivity index (χ1v) is 4.52. The van der Waals surface area contributed by atoms with Gasteiger partial charge in [-0.05, 0) is 13.0 Å². The van der Waals surface area contributed by atoms with Crippen molar-refractivity contribution in [3.8, 4) is 0 Å². The Balaban J connectivity index is 2.27. The van der Waals surface area contributed by atoms with Crippen molar-refractivity contribution in [1.82, 2.24) is 9.97 Å². The number of aryl methyl sites for hydroxylation is 1. The van der Waals surface area contributed by atoms with E-state index in [1.54, 1.807) is 12.3 Å². The quantitative estimate of drug-likeness (QED) is 0.671. The average molecular weight is 192 g/mol. The fraction of sp³-hybridized carbons (Fsp3) is 0.444. The van der Waals surface area contributed by atoms with Crippen LogP contribution in [0.5, 0.6) is 0 Å². The highest BCUT2D eigenvalue weighted by Crippen LogP contribution is 2.15. The lowest BCUT2D eigenvalue weighted by molar-refractivity contribution is -0.117. The van der Waals surface area contributed by atoms with Crippen LogP contribution in [-0.2, 0) is 4.79 Å². The molecule has 1 amide bonds. The third kappa shape index (κ3) is 1.58. The summed E-state index contributed by atoms with van der Waals surface area (Å²) in [6.45, 7) is 2.38. The number of hydrogen-bond acceptors (Lipinski definition) is 4. The first kappa shape index (κ1) is 9.08. The maximum Gasteiger partial charge on any atom is 0.232 e. The Kier molecular flexibility index (Phi) is 2.17. The summed E-state index contributed by atoms with van der Waals surface area (Å²) in [5, 5.41) is 0. The zero-order chi connectivity index (χ0) is 10.1. The number of nitrogens with two attached hydrogens (primary N) is 1. The Labute approximate surface area is 82.0 Å². The lowest BCUT2D eigenvalue weighted by atomic mass is 10.3. The number of carbonyl (C=O) groups excluding carboxylic acids is 1. The maximum absolute atomic E-state index is 11.5. The zero-order valence-corrected chi connectivity index (χ0v) is 7.97. The first-order valence-electron chi connectivity index (χ1n) is 4.52. The molecule has 0 spiro atoms. The van der Waals surface area contributed by atoms with Gasteiger partial charge in [-0.25, -0.2) is 9.97 Å². The normalized spacial score (nSPS) is 21.7. The van der Waals surface area contributed by atoms with Gasteiger partial charge in [0, 0.05) is 30.9 Å². The molecule has 14 heavy (non-hydrogen) atoms. The van der Waals surface area contributed by atoms with E-state index in [2.05, 4.69) is 9.97 Å². The van der Waals surface area contributed by atoms with Crippen molar-refractivity contribution in [1.29, 1.82) is 0 Å². The van der Waals surface area contributed by atoms with Gasteiger partial charge in [0.1, 0.15) is 0 Å². The van der Waals surface area contributed by atoms with E-state index in [0.717, 1.165) is 5.69 Å². The summed E-state index contributed by atoms with van der Waals surface area (Å²) >= 11 is 0. The van der Waals surface area contributed by atoms with Crippen LogP contribution in [0.3, 0.4) is 0 Å². The van der Waals surface area contributed by atoms with Crippen molar-refractivity contribution in [3.05, 3.63) is 18.0 Å². The average Bonchev–Trinajstić information content (AvgIpc) is 2.45. The van der Waals surface area contributed by atoms with E-state index in [0.29, 0.717) is 18.9 Å². The van der Waals surface area contributed by atoms with E-state index in [9.17, 15) is 4.79 Å². The molecule has 2 heterocycles. The molecule has 74 valence electrons. The van der Waals surface area contributed by atoms with Gasteiger partial charge < -0.3 is 5.73 Å². The van der Waals surface area contributed by atoms with Crippen LogP contribution in [0.2, 0.25) is 0 Å². The van der Waals surface area contributed by atoms with E-state index in [1.807, 2.05) is 6.92 Å². The van der Waals surface area contributed by atoms with Gasteiger partial charge in [-0.15, -0.1) is 0 Å². The predicted octanol–water partition coefficient (Wildman–Crippen LogP) is -0.151. The molecular formula is C9H12N4O. The lowest BCUT2D eigenvalue weighted by Crippen LogP contribution is -2.29. The smallest absolute Gasteiger partial charge is 0.232 e. The number of hydrogen-bond donors (Lipinski definition) is 1. The van der Waals surface area contributed by atoms with Crippen molar-refractivity contribution < 1.29 is 4.79 Å². The molecule has 1 aromatic heterocycles. The minimum absolute atomic E-state index is 0.00287. The van der Waals surface area contributed by atoms with Crippen LogP contribution in [-0.4, -0.2) is 28.5 Å². The van der Waals surface area contributed by atoms with Gasteiger partial charge in [-0.3, -0.25) is 9.69 Å². The standard InChI is InChI=1S/C9H12N4O/c1-6-2-3-11-9(12-6)13-5-7(10)4-8(13)14/h2-3,7H,4-5,10H2,1H3. The summed E-state index contributed by atoms with van der Waals surface area (Å²) in [4.78, 5) is 21.2. The molecule has 2 N–H and O–H groups in total. The summed E-state index contributed by atoms with van der Waals surface area (Å²) in [6.07, 6.45) is 2.03. The molecular weight excluding hydrogens is 180 g/mol. The van der Waals surface area contributed by atoms with E-state index in [-0.39, 0.29) is 11.9 Å². The molecule has 1 aromatic rings. The second-order valence-corrected chi connectivity index (χ2v) is 3.47. The van der Waals surface area contributed by atoms with Crippen LogP contribution in [0.4, 0.5) is 5.95 Å². The Morgan fingerprint density at radius 1 is 1.64 bits per heavy atom. The highest BCUT2D eigenvalue weighted by atomic mass is 16.2. The molecule has 1 aliphatic heterocycles. The molecule has 5 nitrogen and oxygen atoms in total. The third-order valence-electron chi connectivity index (χ3n) is 2.18. The molecule has 0 saturated carbocycles. The van der Waals surface area contributed by atoms with Crippen LogP contribution >= 0.6 is 0 Å². The number of rotatable bonds is 1. The van der Waals surface area contributed by atoms with Crippen molar-refractivity contribution in [2.75, 3.05) is 11.4 Å². The van der Waals surface area contributed by atoms with E-state index < -0.39 is 0 Å². The molecule has 0 aromatic carbocycles. The highest BCUT2D eigenvalue weighted by Gasteiger charge is 2.29. The third-order valence-corrected chi connectivity index (χ3v) is 2.18. The van der Waals surface area contributed by atoms with Gasteiger partial charge in [0.05, 0.1) is 0 Å². The Morgan fingerprint density at radius 2 is 2.43 bits per heavy atom. The second-order valence-electron chi connectivity index (χ2n) is 3.47. The van der Waals surface area contributed by atoms with E-state index in [1.165, 1.54) is 4.90 Å². The Morgan fingerprint density at radius 3 is 3.00 bits per heavy atom. The fourth-order valence-electron chi connectivity index (χ4n) is 1.49. The molecule has 2 rings (SSSR count). The van der Waals surface area contributed by atoms with Gasteiger partial charge >= 0.3 is 0 Å².